The number of piperidine rings is 1. The van der Waals surface area contributed by atoms with Gasteiger partial charge in [-0.15, -0.1) is 0 Å². The molecule has 1 aromatic heterocycles. The second kappa shape index (κ2) is 6.98. The van der Waals surface area contributed by atoms with Gasteiger partial charge in [-0.25, -0.2) is 17.7 Å². The SMILES string of the molecule is CN(C)c1cc([C@H]2CCCN2C2CCN(S(C)(=O)=O)CC2)ccn1. The Bertz CT molecular complexity index is 669. The molecule has 2 fully saturated rings. The molecule has 0 N–H and O–H groups in total. The van der Waals surface area contributed by atoms with Crippen molar-refractivity contribution in [2.45, 2.75) is 37.8 Å². The van der Waals surface area contributed by atoms with E-state index in [1.165, 1.54) is 24.7 Å². The number of hydrogen-bond donors (Lipinski definition) is 0. The van der Waals surface area contributed by atoms with Gasteiger partial charge in [0.1, 0.15) is 5.82 Å². The second-order valence-electron chi connectivity index (χ2n) is 7.13. The molecule has 2 saturated heterocycles. The van der Waals surface area contributed by atoms with Gasteiger partial charge in [-0.05, 0) is 49.9 Å². The van der Waals surface area contributed by atoms with Gasteiger partial charge in [0.05, 0.1) is 6.26 Å². The Labute approximate surface area is 145 Å². The highest BCUT2D eigenvalue weighted by Crippen LogP contribution is 2.37. The van der Waals surface area contributed by atoms with Crippen LogP contribution in [0.5, 0.6) is 0 Å². The lowest BCUT2D eigenvalue weighted by Gasteiger charge is -2.38. The van der Waals surface area contributed by atoms with Crippen molar-refractivity contribution in [3.8, 4) is 0 Å². The molecular weight excluding hydrogens is 324 g/mol. The van der Waals surface area contributed by atoms with Crippen molar-refractivity contribution in [2.75, 3.05) is 44.9 Å². The van der Waals surface area contributed by atoms with E-state index in [2.05, 4.69) is 22.0 Å². The first-order chi connectivity index (χ1) is 11.4. The fraction of sp³-hybridized carbons (Fsp3) is 0.706. The standard InChI is InChI=1S/C17H28N4O2S/c1-19(2)17-13-14(6-9-18-17)16-5-4-10-21(16)15-7-11-20(12-8-15)24(3,22)23/h6,9,13,15-16H,4-5,7-8,10-12H2,1-3H3/t16-/m1/s1. The zero-order valence-electron chi connectivity index (χ0n) is 14.9. The Morgan fingerprint density at radius 3 is 2.50 bits per heavy atom. The monoisotopic (exact) mass is 352 g/mol. The number of likely N-dealkylation sites (tertiary alicyclic amines) is 1. The summed E-state index contributed by atoms with van der Waals surface area (Å²) in [5, 5.41) is 0. The van der Waals surface area contributed by atoms with Crippen molar-refractivity contribution in [2.24, 2.45) is 0 Å². The number of aromatic nitrogens is 1. The third-order valence-electron chi connectivity index (χ3n) is 5.27. The number of sulfonamides is 1. The maximum atomic E-state index is 11.7. The Kier molecular flexibility index (Phi) is 5.13. The third kappa shape index (κ3) is 3.73. The maximum Gasteiger partial charge on any atom is 0.211 e. The molecule has 1 atom stereocenters. The Morgan fingerprint density at radius 1 is 1.17 bits per heavy atom. The number of rotatable bonds is 4. The summed E-state index contributed by atoms with van der Waals surface area (Å²) in [4.78, 5) is 9.05. The zero-order valence-corrected chi connectivity index (χ0v) is 15.7. The van der Waals surface area contributed by atoms with Crippen molar-refractivity contribution in [1.82, 2.24) is 14.2 Å². The van der Waals surface area contributed by atoms with Crippen LogP contribution in [0, 0.1) is 0 Å². The highest BCUT2D eigenvalue weighted by Gasteiger charge is 2.35. The molecule has 0 saturated carbocycles. The summed E-state index contributed by atoms with van der Waals surface area (Å²) in [5.74, 6) is 0.992. The summed E-state index contributed by atoms with van der Waals surface area (Å²) < 4.78 is 25.0. The molecule has 0 spiro atoms. The van der Waals surface area contributed by atoms with Crippen LogP contribution in [0.3, 0.4) is 0 Å². The van der Waals surface area contributed by atoms with E-state index >= 15 is 0 Å². The van der Waals surface area contributed by atoms with E-state index in [4.69, 9.17) is 0 Å². The van der Waals surface area contributed by atoms with Gasteiger partial charge in [-0.1, -0.05) is 0 Å². The van der Waals surface area contributed by atoms with Crippen LogP contribution in [0.1, 0.15) is 37.3 Å². The van der Waals surface area contributed by atoms with Crippen molar-refractivity contribution in [1.29, 1.82) is 0 Å². The lowest BCUT2D eigenvalue weighted by atomic mass is 10.00. The summed E-state index contributed by atoms with van der Waals surface area (Å²) in [6.45, 7) is 2.39. The van der Waals surface area contributed by atoms with Crippen LogP contribution in [-0.2, 0) is 10.0 Å². The molecule has 2 aliphatic heterocycles. The van der Waals surface area contributed by atoms with Crippen molar-refractivity contribution >= 4 is 15.8 Å². The molecule has 0 amide bonds. The number of nitrogens with zero attached hydrogens (tertiary/aromatic N) is 4. The summed E-state index contributed by atoms with van der Waals surface area (Å²) in [6.07, 6.45) is 7.43. The maximum absolute atomic E-state index is 11.7. The molecule has 3 heterocycles. The van der Waals surface area contributed by atoms with E-state index in [1.54, 1.807) is 4.31 Å². The van der Waals surface area contributed by atoms with Gasteiger partial charge in [-0.3, -0.25) is 4.90 Å². The van der Waals surface area contributed by atoms with E-state index in [9.17, 15) is 8.42 Å². The van der Waals surface area contributed by atoms with Gasteiger partial charge in [0, 0.05) is 45.5 Å². The molecule has 0 bridgehead atoms. The van der Waals surface area contributed by atoms with Crippen LogP contribution in [0.4, 0.5) is 5.82 Å². The quantitative estimate of drug-likeness (QED) is 0.826. The van der Waals surface area contributed by atoms with Crippen LogP contribution in [0.2, 0.25) is 0 Å². The first kappa shape index (κ1) is 17.6. The van der Waals surface area contributed by atoms with Crippen molar-refractivity contribution in [3.63, 3.8) is 0 Å². The fourth-order valence-corrected chi connectivity index (χ4v) is 4.85. The molecule has 134 valence electrons. The summed E-state index contributed by atoms with van der Waals surface area (Å²) in [6, 6.07) is 5.23. The van der Waals surface area contributed by atoms with Crippen LogP contribution in [0.15, 0.2) is 18.3 Å². The van der Waals surface area contributed by atoms with E-state index in [0.29, 0.717) is 25.2 Å². The molecule has 0 aliphatic carbocycles. The first-order valence-electron chi connectivity index (χ1n) is 8.70. The first-order valence-corrected chi connectivity index (χ1v) is 10.6. The van der Waals surface area contributed by atoms with Gasteiger partial charge < -0.3 is 4.90 Å². The molecule has 0 radical (unpaired) electrons. The molecule has 24 heavy (non-hydrogen) atoms. The van der Waals surface area contributed by atoms with Crippen LogP contribution >= 0.6 is 0 Å². The average molecular weight is 353 g/mol. The number of anilines is 1. The highest BCUT2D eigenvalue weighted by atomic mass is 32.2. The zero-order chi connectivity index (χ0) is 17.3. The lowest BCUT2D eigenvalue weighted by molar-refractivity contribution is 0.127. The predicted octanol–water partition coefficient (Wildman–Crippen LogP) is 1.71. The molecule has 3 rings (SSSR count). The van der Waals surface area contributed by atoms with E-state index in [0.717, 1.165) is 25.2 Å². The molecule has 0 aromatic carbocycles. The fourth-order valence-electron chi connectivity index (χ4n) is 3.98. The molecule has 6 nitrogen and oxygen atoms in total. The Morgan fingerprint density at radius 2 is 1.88 bits per heavy atom. The topological polar surface area (TPSA) is 56.8 Å². The Hall–Kier alpha value is -1.18. The summed E-state index contributed by atoms with van der Waals surface area (Å²) in [5.41, 5.74) is 1.33. The van der Waals surface area contributed by atoms with Gasteiger partial charge >= 0.3 is 0 Å². The average Bonchev–Trinajstić information content (AvgIpc) is 3.04. The third-order valence-corrected chi connectivity index (χ3v) is 6.57. The normalized spacial score (nSPS) is 24.4. The largest absolute Gasteiger partial charge is 0.363 e. The van der Waals surface area contributed by atoms with Gasteiger partial charge in [-0.2, -0.15) is 0 Å². The van der Waals surface area contributed by atoms with E-state index in [-0.39, 0.29) is 0 Å². The van der Waals surface area contributed by atoms with Crippen LogP contribution in [-0.4, -0.2) is 68.6 Å². The number of pyridine rings is 1. The highest BCUT2D eigenvalue weighted by molar-refractivity contribution is 7.88. The van der Waals surface area contributed by atoms with Gasteiger partial charge in [0.2, 0.25) is 10.0 Å². The minimum atomic E-state index is -3.05. The van der Waals surface area contributed by atoms with Gasteiger partial charge in [0.25, 0.3) is 0 Å². The van der Waals surface area contributed by atoms with Crippen molar-refractivity contribution in [3.05, 3.63) is 23.9 Å². The lowest BCUT2D eigenvalue weighted by Crippen LogP contribution is -2.46. The van der Waals surface area contributed by atoms with Crippen LogP contribution in [0.25, 0.3) is 0 Å². The Balaban J connectivity index is 1.71. The summed E-state index contributed by atoms with van der Waals surface area (Å²) >= 11 is 0. The molecule has 0 unspecified atom stereocenters. The molecule has 1 aromatic rings. The van der Waals surface area contributed by atoms with Gasteiger partial charge in [0.15, 0.2) is 0 Å². The van der Waals surface area contributed by atoms with Crippen molar-refractivity contribution < 1.29 is 8.42 Å². The number of hydrogen-bond acceptors (Lipinski definition) is 5. The van der Waals surface area contributed by atoms with Crippen LogP contribution < -0.4 is 4.90 Å². The minimum Gasteiger partial charge on any atom is -0.363 e. The smallest absolute Gasteiger partial charge is 0.211 e. The van der Waals surface area contributed by atoms with E-state index in [1.807, 2.05) is 25.2 Å². The predicted molar refractivity (Wildman–Crippen MR) is 96.7 cm³/mol. The second-order valence-corrected chi connectivity index (χ2v) is 9.11. The van der Waals surface area contributed by atoms with E-state index < -0.39 is 10.0 Å². The summed E-state index contributed by atoms with van der Waals surface area (Å²) in [7, 11) is 0.974. The molecule has 7 heteroatoms. The molecule has 2 aliphatic rings. The molecular formula is C17H28N4O2S. The minimum absolute atomic E-state index is 0.432.